The fourth-order valence-electron chi connectivity index (χ4n) is 1.52. The molecule has 1 amide bonds. The number of phosphoric ester groups is 1. The van der Waals surface area contributed by atoms with Crippen LogP contribution in [0.2, 0.25) is 0 Å². The van der Waals surface area contributed by atoms with E-state index in [-0.39, 0.29) is 12.2 Å². The number of carbonyl (C=O) groups is 2. The number of phosphoric acid groups is 1. The molecule has 9 nitrogen and oxygen atoms in total. The van der Waals surface area contributed by atoms with Crippen LogP contribution in [0.1, 0.15) is 5.56 Å². The van der Waals surface area contributed by atoms with Crippen LogP contribution in [0.4, 0.5) is 4.79 Å². The largest absolute Gasteiger partial charge is 0.527 e. The Morgan fingerprint density at radius 3 is 2.39 bits per heavy atom. The van der Waals surface area contributed by atoms with E-state index in [0.717, 1.165) is 20.4 Å². The van der Waals surface area contributed by atoms with Crippen molar-refractivity contribution >= 4 is 26.1 Å². The van der Waals surface area contributed by atoms with Crippen molar-refractivity contribution in [2.45, 2.75) is 6.42 Å². The summed E-state index contributed by atoms with van der Waals surface area (Å²) in [5.74, 6) is -2.09. The summed E-state index contributed by atoms with van der Waals surface area (Å²) in [5, 5.41) is 9.10. The molecule has 23 heavy (non-hydrogen) atoms. The van der Waals surface area contributed by atoms with Crippen molar-refractivity contribution < 1.29 is 37.9 Å². The molecule has 0 heterocycles. The van der Waals surface area contributed by atoms with E-state index in [1.54, 1.807) is 0 Å². The predicted octanol–water partition coefficient (Wildman–Crippen LogP) is 1.89. The van der Waals surface area contributed by atoms with Crippen molar-refractivity contribution in [1.29, 1.82) is 0 Å². The molecule has 2 unspecified atom stereocenters. The molecule has 0 aromatic heterocycles. The lowest BCUT2D eigenvalue weighted by Crippen LogP contribution is -2.18. The van der Waals surface area contributed by atoms with Crippen molar-refractivity contribution in [2.24, 2.45) is 10.9 Å². The van der Waals surface area contributed by atoms with Gasteiger partial charge in [-0.05, 0) is 24.1 Å². The van der Waals surface area contributed by atoms with Gasteiger partial charge in [0.25, 0.3) is 0 Å². The average molecular weight is 345 g/mol. The third-order valence-corrected chi connectivity index (χ3v) is 3.59. The van der Waals surface area contributed by atoms with Crippen LogP contribution in [0, 0.1) is 5.92 Å². The zero-order valence-electron chi connectivity index (χ0n) is 12.4. The number of carboxylic acids is 1. The van der Waals surface area contributed by atoms with E-state index in [4.69, 9.17) is 9.63 Å². The first kappa shape index (κ1) is 18.8. The molecule has 0 radical (unpaired) electrons. The summed E-state index contributed by atoms with van der Waals surface area (Å²) in [5.41, 5.74) is 0.603. The first-order valence-corrected chi connectivity index (χ1v) is 7.79. The van der Waals surface area contributed by atoms with Crippen LogP contribution in [0.25, 0.3) is 0 Å². The smallest absolute Gasteiger partial charge is 0.481 e. The normalized spacial score (nSPS) is 14.9. The topological polar surface area (TPSA) is 132 Å². The lowest BCUT2D eigenvalue weighted by Gasteiger charge is -2.11. The van der Waals surface area contributed by atoms with Crippen molar-refractivity contribution in [2.75, 3.05) is 14.2 Å². The van der Waals surface area contributed by atoms with Crippen molar-refractivity contribution in [3.8, 4) is 5.75 Å². The molecule has 0 aliphatic carbocycles. The second kappa shape index (κ2) is 8.42. The van der Waals surface area contributed by atoms with Crippen LogP contribution < -0.4 is 4.52 Å². The number of amides is 1. The van der Waals surface area contributed by atoms with Crippen molar-refractivity contribution in [1.82, 2.24) is 0 Å². The number of aliphatic imine (C=N–C) groups is 1. The van der Waals surface area contributed by atoms with Gasteiger partial charge >= 0.3 is 19.9 Å². The minimum atomic E-state index is -4.15. The Morgan fingerprint density at radius 1 is 1.30 bits per heavy atom. The van der Waals surface area contributed by atoms with E-state index in [1.165, 1.54) is 24.3 Å². The van der Waals surface area contributed by atoms with E-state index >= 15 is 0 Å². The third kappa shape index (κ3) is 6.60. The molecule has 1 aromatic rings. The van der Waals surface area contributed by atoms with Crippen LogP contribution in [0.5, 0.6) is 5.75 Å². The zero-order valence-corrected chi connectivity index (χ0v) is 13.3. The summed E-state index contributed by atoms with van der Waals surface area (Å²) in [6, 6.07) is 5.83. The maximum absolute atomic E-state index is 11.3. The Bertz CT molecular complexity index is 627. The zero-order chi connectivity index (χ0) is 17.5. The van der Waals surface area contributed by atoms with Gasteiger partial charge in [0.2, 0.25) is 0 Å². The molecule has 0 bridgehead atoms. The SMILES string of the molecule is COC(=O)N=CC(Cc1ccc(OP(=O)(O)OC)cc1)C(=O)O. The molecular weight excluding hydrogens is 329 g/mol. The van der Waals surface area contributed by atoms with Gasteiger partial charge in [0.05, 0.1) is 13.0 Å². The van der Waals surface area contributed by atoms with Gasteiger partial charge in [0.1, 0.15) is 5.75 Å². The minimum Gasteiger partial charge on any atom is -0.481 e. The van der Waals surface area contributed by atoms with Crippen molar-refractivity contribution in [3.05, 3.63) is 29.8 Å². The third-order valence-electron chi connectivity index (χ3n) is 2.68. The van der Waals surface area contributed by atoms with E-state index in [0.29, 0.717) is 5.56 Å². The van der Waals surface area contributed by atoms with E-state index < -0.39 is 25.8 Å². The summed E-state index contributed by atoms with van der Waals surface area (Å²) in [4.78, 5) is 34.6. The molecule has 0 aliphatic rings. The summed E-state index contributed by atoms with van der Waals surface area (Å²) < 4.78 is 24.6. The van der Waals surface area contributed by atoms with Gasteiger partial charge in [-0.2, -0.15) is 4.99 Å². The Balaban J connectivity index is 2.78. The number of aliphatic carboxylic acids is 1. The van der Waals surface area contributed by atoms with Gasteiger partial charge in [0, 0.05) is 13.3 Å². The lowest BCUT2D eigenvalue weighted by molar-refractivity contribution is -0.139. The lowest BCUT2D eigenvalue weighted by atomic mass is 10.0. The first-order chi connectivity index (χ1) is 10.8. The summed E-state index contributed by atoms with van der Waals surface area (Å²) in [7, 11) is -1.98. The molecule has 0 saturated carbocycles. The minimum absolute atomic E-state index is 0.0666. The fourth-order valence-corrected chi connectivity index (χ4v) is 1.98. The number of benzene rings is 1. The number of carbonyl (C=O) groups excluding carboxylic acids is 1. The standard InChI is InChI=1S/C13H16NO8P/c1-20-13(17)14-8-10(12(15)16)7-9-3-5-11(6-4-9)22-23(18,19)21-2/h3-6,8,10H,7H2,1-2H3,(H,15,16)(H,18,19). The van der Waals surface area contributed by atoms with E-state index in [1.807, 2.05) is 0 Å². The molecular formula is C13H16NO8P. The van der Waals surface area contributed by atoms with Gasteiger partial charge in [-0.1, -0.05) is 12.1 Å². The maximum Gasteiger partial charge on any atom is 0.527 e. The van der Waals surface area contributed by atoms with Gasteiger partial charge < -0.3 is 14.4 Å². The highest BCUT2D eigenvalue weighted by Gasteiger charge is 2.20. The van der Waals surface area contributed by atoms with Crippen LogP contribution >= 0.6 is 7.82 Å². The highest BCUT2D eigenvalue weighted by atomic mass is 31.2. The second-order valence-corrected chi connectivity index (χ2v) is 5.77. The summed E-state index contributed by atoms with van der Waals surface area (Å²) in [6.45, 7) is 0. The van der Waals surface area contributed by atoms with E-state index in [2.05, 4.69) is 14.3 Å². The van der Waals surface area contributed by atoms with Gasteiger partial charge in [0.15, 0.2) is 0 Å². The van der Waals surface area contributed by atoms with Crippen LogP contribution in [0.15, 0.2) is 29.3 Å². The fraction of sp³-hybridized carbons (Fsp3) is 0.308. The van der Waals surface area contributed by atoms with Crippen LogP contribution in [-0.4, -0.2) is 42.5 Å². The van der Waals surface area contributed by atoms with Gasteiger partial charge in [-0.15, -0.1) is 0 Å². The first-order valence-electron chi connectivity index (χ1n) is 6.29. The molecule has 2 N–H and O–H groups in total. The number of nitrogens with zero attached hydrogens (tertiary/aromatic N) is 1. The molecule has 0 aliphatic heterocycles. The average Bonchev–Trinajstić information content (AvgIpc) is 2.52. The molecule has 0 fully saturated rings. The molecule has 0 spiro atoms. The second-order valence-electron chi connectivity index (χ2n) is 4.28. The quantitative estimate of drug-likeness (QED) is 0.565. The Kier molecular flexibility index (Phi) is 6.89. The number of rotatable bonds is 7. The molecule has 126 valence electrons. The highest BCUT2D eigenvalue weighted by molar-refractivity contribution is 7.47. The number of carboxylic acid groups (broad SMARTS) is 1. The number of hydrogen-bond acceptors (Lipinski definition) is 6. The molecule has 1 aromatic carbocycles. The monoisotopic (exact) mass is 345 g/mol. The number of ether oxygens (including phenoxy) is 1. The Morgan fingerprint density at radius 2 is 1.91 bits per heavy atom. The number of hydrogen-bond donors (Lipinski definition) is 2. The summed E-state index contributed by atoms with van der Waals surface area (Å²) in [6.07, 6.45) is 0.168. The highest BCUT2D eigenvalue weighted by Crippen LogP contribution is 2.42. The van der Waals surface area contributed by atoms with Crippen molar-refractivity contribution in [3.63, 3.8) is 0 Å². The van der Waals surface area contributed by atoms with Crippen LogP contribution in [0.3, 0.4) is 0 Å². The Labute approximate surface area is 132 Å². The molecule has 0 saturated heterocycles. The number of methoxy groups -OCH3 is 1. The molecule has 1 rings (SSSR count). The molecule has 2 atom stereocenters. The van der Waals surface area contributed by atoms with Crippen LogP contribution in [-0.2, 0) is 25.0 Å². The Hall–Kier alpha value is -2.22. The van der Waals surface area contributed by atoms with Gasteiger partial charge in [-0.25, -0.2) is 9.36 Å². The van der Waals surface area contributed by atoms with Gasteiger partial charge in [-0.3, -0.25) is 14.2 Å². The maximum atomic E-state index is 11.3. The van der Waals surface area contributed by atoms with E-state index in [9.17, 15) is 19.0 Å². The summed E-state index contributed by atoms with van der Waals surface area (Å²) >= 11 is 0. The predicted molar refractivity (Wildman–Crippen MR) is 79.6 cm³/mol. The molecule has 10 heteroatoms.